The average molecular weight is 335 g/mol. The van der Waals surface area contributed by atoms with E-state index in [-0.39, 0.29) is 17.3 Å². The number of carbonyl (C=O) groups is 1. The highest BCUT2D eigenvalue weighted by Gasteiger charge is 2.20. The molecule has 0 aliphatic carbocycles. The molecule has 0 saturated carbocycles. The molecule has 1 amide bonds. The maximum absolute atomic E-state index is 12.5. The van der Waals surface area contributed by atoms with Crippen LogP contribution in [0.5, 0.6) is 0 Å². The van der Waals surface area contributed by atoms with Crippen LogP contribution < -0.4 is 4.72 Å². The molecule has 6 nitrogen and oxygen atoms in total. The van der Waals surface area contributed by atoms with Crippen molar-refractivity contribution < 1.29 is 13.2 Å². The first kappa shape index (κ1) is 17.5. The second-order valence-corrected chi connectivity index (χ2v) is 7.27. The standard InChI is InChI=1S/C16H21N3O3S/c1-3-9-17-23(21,22)15-7-5-14(6-8-15)16(20)19-11-4-10-18(2)12-13-19/h1,5-8,17H,4,9-13H2,2H3. The van der Waals surface area contributed by atoms with E-state index in [0.717, 1.165) is 19.5 Å². The van der Waals surface area contributed by atoms with Crippen molar-refractivity contribution in [3.8, 4) is 12.3 Å². The first-order valence-corrected chi connectivity index (χ1v) is 8.93. The highest BCUT2D eigenvalue weighted by Crippen LogP contribution is 2.13. The SMILES string of the molecule is C#CCNS(=O)(=O)c1ccc(C(=O)N2CCCN(C)CC2)cc1. The van der Waals surface area contributed by atoms with Crippen LogP contribution >= 0.6 is 0 Å². The number of nitrogens with zero attached hydrogens (tertiary/aromatic N) is 2. The van der Waals surface area contributed by atoms with E-state index in [1.165, 1.54) is 12.1 Å². The monoisotopic (exact) mass is 335 g/mol. The smallest absolute Gasteiger partial charge is 0.253 e. The number of hydrogen-bond donors (Lipinski definition) is 1. The average Bonchev–Trinajstić information content (AvgIpc) is 2.77. The van der Waals surface area contributed by atoms with Gasteiger partial charge in [-0.25, -0.2) is 8.42 Å². The predicted octanol–water partition coefficient (Wildman–Crippen LogP) is 0.376. The van der Waals surface area contributed by atoms with Crippen molar-refractivity contribution in [3.63, 3.8) is 0 Å². The molecule has 124 valence electrons. The maximum atomic E-state index is 12.5. The van der Waals surface area contributed by atoms with Crippen LogP contribution in [0.15, 0.2) is 29.2 Å². The fraction of sp³-hybridized carbons (Fsp3) is 0.438. The van der Waals surface area contributed by atoms with Crippen LogP contribution in [0.3, 0.4) is 0 Å². The van der Waals surface area contributed by atoms with Crippen molar-refractivity contribution in [2.45, 2.75) is 11.3 Å². The zero-order valence-electron chi connectivity index (χ0n) is 13.2. The molecule has 2 rings (SSSR count). The van der Waals surface area contributed by atoms with Gasteiger partial charge in [-0.3, -0.25) is 4.79 Å². The van der Waals surface area contributed by atoms with Gasteiger partial charge in [0.25, 0.3) is 5.91 Å². The largest absolute Gasteiger partial charge is 0.337 e. The van der Waals surface area contributed by atoms with Crippen molar-refractivity contribution in [3.05, 3.63) is 29.8 Å². The minimum atomic E-state index is -3.63. The van der Waals surface area contributed by atoms with E-state index in [9.17, 15) is 13.2 Å². The van der Waals surface area contributed by atoms with Crippen LogP contribution in [0.2, 0.25) is 0 Å². The number of rotatable bonds is 4. The van der Waals surface area contributed by atoms with E-state index in [1.54, 1.807) is 12.1 Å². The van der Waals surface area contributed by atoms with Gasteiger partial charge in [0.1, 0.15) is 0 Å². The van der Waals surface area contributed by atoms with Gasteiger partial charge in [-0.2, -0.15) is 4.72 Å². The molecule has 0 unspecified atom stereocenters. The number of carbonyl (C=O) groups excluding carboxylic acids is 1. The summed E-state index contributed by atoms with van der Waals surface area (Å²) in [5, 5.41) is 0. The lowest BCUT2D eigenvalue weighted by molar-refractivity contribution is 0.0762. The zero-order valence-corrected chi connectivity index (χ0v) is 14.0. The Labute approximate surface area is 137 Å². The first-order valence-electron chi connectivity index (χ1n) is 7.45. The highest BCUT2D eigenvalue weighted by molar-refractivity contribution is 7.89. The number of likely N-dealkylation sites (N-methyl/N-ethyl adjacent to an activating group) is 1. The van der Waals surface area contributed by atoms with Crippen LogP contribution in [0.1, 0.15) is 16.8 Å². The van der Waals surface area contributed by atoms with E-state index >= 15 is 0 Å². The Hall–Kier alpha value is -1.88. The Morgan fingerprint density at radius 1 is 1.22 bits per heavy atom. The Morgan fingerprint density at radius 2 is 1.91 bits per heavy atom. The molecule has 0 radical (unpaired) electrons. The Morgan fingerprint density at radius 3 is 2.57 bits per heavy atom. The third-order valence-electron chi connectivity index (χ3n) is 3.78. The molecule has 7 heteroatoms. The minimum Gasteiger partial charge on any atom is -0.337 e. The van der Waals surface area contributed by atoms with Crippen molar-refractivity contribution in [1.29, 1.82) is 0 Å². The molecular formula is C16H21N3O3S. The van der Waals surface area contributed by atoms with Gasteiger partial charge < -0.3 is 9.80 Å². The minimum absolute atomic E-state index is 0.0652. The van der Waals surface area contributed by atoms with Crippen LogP contribution in [-0.4, -0.2) is 63.9 Å². The number of sulfonamides is 1. The quantitative estimate of drug-likeness (QED) is 0.808. The number of amides is 1. The van der Waals surface area contributed by atoms with Gasteiger partial charge in [-0.15, -0.1) is 6.42 Å². The summed E-state index contributed by atoms with van der Waals surface area (Å²) in [4.78, 5) is 16.6. The lowest BCUT2D eigenvalue weighted by Gasteiger charge is -2.20. The number of terminal acetylenes is 1. The number of nitrogens with one attached hydrogen (secondary N) is 1. The van der Waals surface area contributed by atoms with E-state index in [4.69, 9.17) is 6.42 Å². The van der Waals surface area contributed by atoms with E-state index in [2.05, 4.69) is 15.5 Å². The summed E-state index contributed by atoms with van der Waals surface area (Å²) in [6.45, 7) is 3.15. The Bertz CT molecular complexity index is 692. The molecule has 1 aliphatic heterocycles. The summed E-state index contributed by atoms with van der Waals surface area (Å²) in [6.07, 6.45) is 5.99. The normalized spacial score (nSPS) is 16.6. The lowest BCUT2D eigenvalue weighted by atomic mass is 10.2. The van der Waals surface area contributed by atoms with Crippen LogP contribution in [-0.2, 0) is 10.0 Å². The molecule has 23 heavy (non-hydrogen) atoms. The third kappa shape index (κ3) is 4.55. The Kier molecular flexibility index (Phi) is 5.77. The summed E-state index contributed by atoms with van der Waals surface area (Å²) < 4.78 is 26.2. The molecule has 1 aliphatic rings. The van der Waals surface area contributed by atoms with Gasteiger partial charge in [0, 0.05) is 25.2 Å². The van der Waals surface area contributed by atoms with Gasteiger partial charge in [-0.05, 0) is 44.3 Å². The molecular weight excluding hydrogens is 314 g/mol. The van der Waals surface area contributed by atoms with E-state index < -0.39 is 10.0 Å². The molecule has 1 N–H and O–H groups in total. The molecule has 0 aromatic heterocycles. The molecule has 1 aromatic rings. The molecule has 1 aromatic carbocycles. The van der Waals surface area contributed by atoms with Gasteiger partial charge in [-0.1, -0.05) is 5.92 Å². The number of benzene rings is 1. The topological polar surface area (TPSA) is 69.7 Å². The van der Waals surface area contributed by atoms with Crippen LogP contribution in [0.4, 0.5) is 0 Å². The second kappa shape index (κ2) is 7.59. The van der Waals surface area contributed by atoms with Crippen molar-refractivity contribution in [1.82, 2.24) is 14.5 Å². The summed E-state index contributed by atoms with van der Waals surface area (Å²) in [5.74, 6) is 2.15. The lowest BCUT2D eigenvalue weighted by Crippen LogP contribution is -2.34. The third-order valence-corrected chi connectivity index (χ3v) is 5.20. The molecule has 0 atom stereocenters. The molecule has 1 fully saturated rings. The Balaban J connectivity index is 2.10. The first-order chi connectivity index (χ1) is 10.9. The van der Waals surface area contributed by atoms with Gasteiger partial charge >= 0.3 is 0 Å². The summed E-state index contributed by atoms with van der Waals surface area (Å²) in [7, 11) is -1.59. The molecule has 1 saturated heterocycles. The fourth-order valence-electron chi connectivity index (χ4n) is 2.43. The van der Waals surface area contributed by atoms with Gasteiger partial charge in [0.2, 0.25) is 10.0 Å². The number of hydrogen-bond acceptors (Lipinski definition) is 4. The summed E-state index contributed by atoms with van der Waals surface area (Å²) in [5.41, 5.74) is 0.491. The van der Waals surface area contributed by atoms with Gasteiger partial charge in [0.05, 0.1) is 11.4 Å². The van der Waals surface area contributed by atoms with E-state index in [1.807, 2.05) is 11.9 Å². The summed E-state index contributed by atoms with van der Waals surface area (Å²) >= 11 is 0. The van der Waals surface area contributed by atoms with E-state index in [0.29, 0.717) is 18.7 Å². The fourth-order valence-corrected chi connectivity index (χ4v) is 3.36. The molecule has 0 spiro atoms. The van der Waals surface area contributed by atoms with Crippen molar-refractivity contribution in [2.24, 2.45) is 0 Å². The predicted molar refractivity (Wildman–Crippen MR) is 88.5 cm³/mol. The van der Waals surface area contributed by atoms with Crippen LogP contribution in [0, 0.1) is 12.3 Å². The second-order valence-electron chi connectivity index (χ2n) is 5.50. The highest BCUT2D eigenvalue weighted by atomic mass is 32.2. The van der Waals surface area contributed by atoms with Crippen molar-refractivity contribution >= 4 is 15.9 Å². The summed E-state index contributed by atoms with van der Waals surface area (Å²) in [6, 6.07) is 5.94. The van der Waals surface area contributed by atoms with Crippen LogP contribution in [0.25, 0.3) is 0 Å². The van der Waals surface area contributed by atoms with Crippen molar-refractivity contribution in [2.75, 3.05) is 39.8 Å². The van der Waals surface area contributed by atoms with Gasteiger partial charge in [0.15, 0.2) is 0 Å². The molecule has 1 heterocycles. The molecule has 0 bridgehead atoms. The zero-order chi connectivity index (χ0) is 16.9. The maximum Gasteiger partial charge on any atom is 0.253 e.